The van der Waals surface area contributed by atoms with Crippen LogP contribution in [0.5, 0.6) is 0 Å². The van der Waals surface area contributed by atoms with Crippen molar-refractivity contribution in [3.63, 3.8) is 0 Å². The van der Waals surface area contributed by atoms with Crippen molar-refractivity contribution in [2.75, 3.05) is 0 Å². The van der Waals surface area contributed by atoms with E-state index in [0.717, 1.165) is 16.1 Å². The van der Waals surface area contributed by atoms with Crippen molar-refractivity contribution in [1.82, 2.24) is 25.1 Å². The maximum atomic E-state index is 13.3. The summed E-state index contributed by atoms with van der Waals surface area (Å²) in [5.74, 6) is 0.450. The maximum absolute atomic E-state index is 13.3. The van der Waals surface area contributed by atoms with Crippen molar-refractivity contribution < 1.29 is 4.79 Å². The Balaban J connectivity index is 1.62. The van der Waals surface area contributed by atoms with Crippen LogP contribution in [0.1, 0.15) is 21.6 Å². The number of carbonyl (C=O) groups is 1. The van der Waals surface area contributed by atoms with E-state index in [4.69, 9.17) is 16.6 Å². The van der Waals surface area contributed by atoms with Gasteiger partial charge in [-0.15, -0.1) is 11.3 Å². The highest BCUT2D eigenvalue weighted by Crippen LogP contribution is 2.30. The third-order valence-corrected chi connectivity index (χ3v) is 6.17. The Morgan fingerprint density at radius 3 is 2.78 bits per heavy atom. The number of hydrogen-bond donors (Lipinski definition) is 1. The number of nitrogens with one attached hydrogen (secondary N) is 1. The third-order valence-electron chi connectivity index (χ3n) is 5.04. The third kappa shape index (κ3) is 3.88. The molecule has 0 saturated carbocycles. The van der Waals surface area contributed by atoms with Gasteiger partial charge in [0, 0.05) is 17.8 Å². The molecule has 5 rings (SSSR count). The molecule has 0 atom stereocenters. The van der Waals surface area contributed by atoms with Gasteiger partial charge in [0.05, 0.1) is 27.2 Å². The molecule has 4 heterocycles. The number of aryl methyl sites for hydroxylation is 1. The van der Waals surface area contributed by atoms with E-state index >= 15 is 0 Å². The minimum atomic E-state index is -0.196. The lowest BCUT2D eigenvalue weighted by Crippen LogP contribution is -2.23. The monoisotopic (exact) mass is 459 g/mol. The molecule has 0 fully saturated rings. The summed E-state index contributed by atoms with van der Waals surface area (Å²) in [6.07, 6.45) is 1.71. The minimum absolute atomic E-state index is 0.196. The fourth-order valence-corrected chi connectivity index (χ4v) is 4.48. The van der Waals surface area contributed by atoms with E-state index in [2.05, 4.69) is 15.4 Å². The zero-order valence-corrected chi connectivity index (χ0v) is 18.7. The molecule has 0 bridgehead atoms. The van der Waals surface area contributed by atoms with Crippen LogP contribution in [0, 0.1) is 6.92 Å². The van der Waals surface area contributed by atoms with E-state index in [-0.39, 0.29) is 5.91 Å². The summed E-state index contributed by atoms with van der Waals surface area (Å²) >= 11 is 7.65. The van der Waals surface area contributed by atoms with E-state index in [1.165, 1.54) is 0 Å². The number of rotatable bonds is 5. The molecule has 4 aromatic heterocycles. The normalized spacial score (nSPS) is 11.1. The highest BCUT2D eigenvalue weighted by molar-refractivity contribution is 7.13. The number of pyridine rings is 2. The number of amides is 1. The second-order valence-corrected chi connectivity index (χ2v) is 8.61. The Labute approximate surface area is 193 Å². The van der Waals surface area contributed by atoms with Crippen molar-refractivity contribution in [3.05, 3.63) is 94.1 Å². The van der Waals surface area contributed by atoms with Gasteiger partial charge in [0.1, 0.15) is 0 Å². The van der Waals surface area contributed by atoms with Crippen LogP contribution in [0.15, 0.2) is 72.2 Å². The highest BCUT2D eigenvalue weighted by Gasteiger charge is 2.21. The quantitative estimate of drug-likeness (QED) is 0.380. The fraction of sp³-hybridized carbons (Fsp3) is 0.0833. The van der Waals surface area contributed by atoms with Crippen LogP contribution in [0.3, 0.4) is 0 Å². The second-order valence-electron chi connectivity index (χ2n) is 7.23. The predicted molar refractivity (Wildman–Crippen MR) is 127 cm³/mol. The first-order chi connectivity index (χ1) is 15.6. The summed E-state index contributed by atoms with van der Waals surface area (Å²) in [5, 5.41) is 11.0. The van der Waals surface area contributed by atoms with E-state index in [9.17, 15) is 4.79 Å². The first kappa shape index (κ1) is 20.4. The van der Waals surface area contributed by atoms with Gasteiger partial charge in [-0.05, 0) is 54.3 Å². The number of carbonyl (C=O) groups excluding carboxylic acids is 1. The average molecular weight is 460 g/mol. The first-order valence-electron chi connectivity index (χ1n) is 9.98. The largest absolute Gasteiger partial charge is 0.348 e. The Bertz CT molecular complexity index is 1410. The molecule has 0 aliphatic carbocycles. The lowest BCUT2D eigenvalue weighted by molar-refractivity contribution is 0.0952. The summed E-state index contributed by atoms with van der Waals surface area (Å²) in [5.41, 5.74) is 3.48. The standard InChI is InChI=1S/C24H18ClN5OS/c1-15-22-18(24(31)27-14-16-6-4-7-17(25)12-16)13-19(20-8-5-11-32-20)28-23(22)30(29-15)21-9-2-3-10-26-21/h2-13H,14H2,1H3,(H,27,31). The number of thiophene rings is 1. The van der Waals surface area contributed by atoms with Crippen LogP contribution in [-0.2, 0) is 6.54 Å². The van der Waals surface area contributed by atoms with Gasteiger partial charge in [0.2, 0.25) is 0 Å². The number of nitrogens with zero attached hydrogens (tertiary/aromatic N) is 4. The van der Waals surface area contributed by atoms with Crippen molar-refractivity contribution in [2.24, 2.45) is 0 Å². The number of halogens is 1. The number of hydrogen-bond acceptors (Lipinski definition) is 5. The van der Waals surface area contributed by atoms with Gasteiger partial charge in [-0.1, -0.05) is 35.9 Å². The predicted octanol–water partition coefficient (Wildman–Crippen LogP) is 5.44. The Morgan fingerprint density at radius 2 is 2.03 bits per heavy atom. The number of benzene rings is 1. The molecule has 32 heavy (non-hydrogen) atoms. The second kappa shape index (κ2) is 8.53. The van der Waals surface area contributed by atoms with Gasteiger partial charge in [-0.25, -0.2) is 9.97 Å². The zero-order valence-electron chi connectivity index (χ0n) is 17.1. The Morgan fingerprint density at radius 1 is 1.12 bits per heavy atom. The molecular formula is C24H18ClN5OS. The van der Waals surface area contributed by atoms with Gasteiger partial charge in [-0.3, -0.25) is 4.79 Å². The molecule has 8 heteroatoms. The summed E-state index contributed by atoms with van der Waals surface area (Å²) < 4.78 is 1.69. The SMILES string of the molecule is Cc1nn(-c2ccccn2)c2nc(-c3cccs3)cc(C(=O)NCc3cccc(Cl)c3)c12. The van der Waals surface area contributed by atoms with Crippen LogP contribution < -0.4 is 5.32 Å². The van der Waals surface area contributed by atoms with Crippen LogP contribution in [-0.4, -0.2) is 25.7 Å². The molecule has 0 radical (unpaired) electrons. The van der Waals surface area contributed by atoms with Gasteiger partial charge < -0.3 is 5.32 Å². The summed E-state index contributed by atoms with van der Waals surface area (Å²) in [7, 11) is 0. The zero-order chi connectivity index (χ0) is 22.1. The van der Waals surface area contributed by atoms with Crippen LogP contribution in [0.4, 0.5) is 0 Å². The molecule has 1 amide bonds. The Kier molecular flexibility index (Phi) is 5.43. The van der Waals surface area contributed by atoms with Gasteiger partial charge in [0.25, 0.3) is 5.91 Å². The maximum Gasteiger partial charge on any atom is 0.252 e. The first-order valence-corrected chi connectivity index (χ1v) is 11.2. The number of aromatic nitrogens is 4. The lowest BCUT2D eigenvalue weighted by atomic mass is 10.1. The molecule has 0 unspecified atom stereocenters. The van der Waals surface area contributed by atoms with E-state index in [1.54, 1.807) is 22.2 Å². The molecule has 0 aliphatic rings. The molecule has 158 valence electrons. The molecule has 0 spiro atoms. The summed E-state index contributed by atoms with van der Waals surface area (Å²) in [4.78, 5) is 23.6. The van der Waals surface area contributed by atoms with E-state index in [1.807, 2.05) is 73.0 Å². The molecule has 1 N–H and O–H groups in total. The van der Waals surface area contributed by atoms with E-state index in [0.29, 0.717) is 39.7 Å². The molecule has 0 saturated heterocycles. The van der Waals surface area contributed by atoms with Crippen LogP contribution >= 0.6 is 22.9 Å². The summed E-state index contributed by atoms with van der Waals surface area (Å²) in [6, 6.07) is 18.8. The van der Waals surface area contributed by atoms with Gasteiger partial charge >= 0.3 is 0 Å². The van der Waals surface area contributed by atoms with E-state index < -0.39 is 0 Å². The van der Waals surface area contributed by atoms with Gasteiger partial charge in [-0.2, -0.15) is 9.78 Å². The molecule has 5 aromatic rings. The smallest absolute Gasteiger partial charge is 0.252 e. The highest BCUT2D eigenvalue weighted by atomic mass is 35.5. The molecular weight excluding hydrogens is 442 g/mol. The molecule has 0 aliphatic heterocycles. The van der Waals surface area contributed by atoms with Crippen LogP contribution in [0.2, 0.25) is 5.02 Å². The van der Waals surface area contributed by atoms with Gasteiger partial charge in [0.15, 0.2) is 11.5 Å². The van der Waals surface area contributed by atoms with Crippen molar-refractivity contribution >= 4 is 39.9 Å². The average Bonchev–Trinajstić information content (AvgIpc) is 3.46. The minimum Gasteiger partial charge on any atom is -0.348 e. The molecule has 1 aromatic carbocycles. The molecule has 6 nitrogen and oxygen atoms in total. The van der Waals surface area contributed by atoms with Crippen LogP contribution in [0.25, 0.3) is 27.4 Å². The van der Waals surface area contributed by atoms with Crippen molar-refractivity contribution in [2.45, 2.75) is 13.5 Å². The summed E-state index contributed by atoms with van der Waals surface area (Å²) in [6.45, 7) is 2.24. The Hall–Kier alpha value is -3.55. The fourth-order valence-electron chi connectivity index (χ4n) is 3.58. The number of fused-ring (bicyclic) bond motifs is 1. The van der Waals surface area contributed by atoms with Crippen molar-refractivity contribution in [1.29, 1.82) is 0 Å². The lowest BCUT2D eigenvalue weighted by Gasteiger charge is -2.09. The topological polar surface area (TPSA) is 72.7 Å². The van der Waals surface area contributed by atoms with Crippen molar-refractivity contribution in [3.8, 4) is 16.4 Å².